The summed E-state index contributed by atoms with van der Waals surface area (Å²) in [5.41, 5.74) is 0. The van der Waals surface area contributed by atoms with E-state index >= 15 is 0 Å². The summed E-state index contributed by atoms with van der Waals surface area (Å²) in [5.74, 6) is 0. The van der Waals surface area contributed by atoms with Crippen molar-refractivity contribution in [1.29, 1.82) is 0 Å². The summed E-state index contributed by atoms with van der Waals surface area (Å²) in [5, 5.41) is -7.01. The van der Waals surface area contributed by atoms with Gasteiger partial charge in [-0.1, -0.05) is 0 Å². The van der Waals surface area contributed by atoms with Gasteiger partial charge in [0.25, 0.3) is 0 Å². The summed E-state index contributed by atoms with van der Waals surface area (Å²) in [7, 11) is 0. The molecular weight excluding hydrogens is 254 g/mol. The van der Waals surface area contributed by atoms with Gasteiger partial charge < -0.3 is 0 Å². The zero-order chi connectivity index (χ0) is 12.7. The van der Waals surface area contributed by atoms with Crippen molar-refractivity contribution in [3.8, 4) is 0 Å². The van der Waals surface area contributed by atoms with Gasteiger partial charge >= 0.3 is 18.8 Å². The molecule has 0 saturated carbocycles. The standard InChI is InChI=1S/C3F10N2/c4-1(5,6)14(12)3(10,11)15(13)2(7,8)9. The van der Waals surface area contributed by atoms with Crippen molar-refractivity contribution in [2.75, 3.05) is 0 Å². The van der Waals surface area contributed by atoms with Crippen LogP contribution in [0.15, 0.2) is 0 Å². The molecule has 0 spiro atoms. The van der Waals surface area contributed by atoms with Crippen LogP contribution in [0.4, 0.5) is 44.1 Å². The molecule has 0 unspecified atom stereocenters. The highest BCUT2D eigenvalue weighted by Crippen LogP contribution is 2.40. The molecule has 0 N–H and O–H groups in total. The second-order valence-electron chi connectivity index (χ2n) is 2.01. The molecule has 0 fully saturated rings. The van der Waals surface area contributed by atoms with Crippen molar-refractivity contribution in [2.24, 2.45) is 0 Å². The number of halogens is 10. The second kappa shape index (κ2) is 3.66. The highest BCUT2D eigenvalue weighted by Gasteiger charge is 2.66. The number of alkyl halides is 8. The Morgan fingerprint density at radius 1 is 0.533 bits per heavy atom. The van der Waals surface area contributed by atoms with Crippen molar-refractivity contribution >= 4 is 0 Å². The maximum absolute atomic E-state index is 11.9. The Balaban J connectivity index is 4.98. The molecule has 0 radical (unpaired) electrons. The number of nitrogens with zero attached hydrogens (tertiary/aromatic N) is 2. The van der Waals surface area contributed by atoms with Gasteiger partial charge in [-0.25, -0.2) is 0 Å². The van der Waals surface area contributed by atoms with Crippen molar-refractivity contribution < 1.29 is 44.1 Å². The second-order valence-corrected chi connectivity index (χ2v) is 2.01. The summed E-state index contributed by atoms with van der Waals surface area (Å²) in [6, 6.07) is 0. The first-order valence-electron chi connectivity index (χ1n) is 2.74. The number of hydrogen-bond donors (Lipinski definition) is 0. The minimum absolute atomic E-state index is 3.51. The summed E-state index contributed by atoms with van der Waals surface area (Å²) in [6.07, 6.45) is -19.5. The number of rotatable bonds is 2. The predicted molar refractivity (Wildman–Crippen MR) is 23.0 cm³/mol. The molecule has 0 atom stereocenters. The molecule has 0 heterocycles. The smallest absolute Gasteiger partial charge is 0.166 e. The Bertz CT molecular complexity index is 194. The lowest BCUT2D eigenvalue weighted by Crippen LogP contribution is -2.57. The molecule has 92 valence electrons. The minimum atomic E-state index is -6.53. The van der Waals surface area contributed by atoms with Gasteiger partial charge in [0.1, 0.15) is 0 Å². The summed E-state index contributed by atoms with van der Waals surface area (Å²) in [6.45, 7) is 0. The van der Waals surface area contributed by atoms with Crippen molar-refractivity contribution in [3.63, 3.8) is 0 Å². The first kappa shape index (κ1) is 14.2. The average Bonchev–Trinajstić information content (AvgIpc) is 1.98. The summed E-state index contributed by atoms with van der Waals surface area (Å²) >= 11 is 0. The van der Waals surface area contributed by atoms with Crippen molar-refractivity contribution in [1.82, 2.24) is 10.2 Å². The Kier molecular flexibility index (Phi) is 3.47. The summed E-state index contributed by atoms with van der Waals surface area (Å²) in [4.78, 5) is 0. The average molecular weight is 254 g/mol. The van der Waals surface area contributed by atoms with Gasteiger partial charge in [-0.3, -0.25) is 0 Å². The van der Waals surface area contributed by atoms with E-state index in [0.29, 0.717) is 0 Å². The van der Waals surface area contributed by atoms with Crippen LogP contribution in [-0.4, -0.2) is 29.0 Å². The zero-order valence-corrected chi connectivity index (χ0v) is 6.17. The van der Waals surface area contributed by atoms with E-state index in [4.69, 9.17) is 0 Å². The first-order chi connectivity index (χ1) is 6.31. The maximum Gasteiger partial charge on any atom is 0.493 e. The molecule has 0 saturated heterocycles. The molecule has 0 rings (SSSR count). The third-order valence-corrected chi connectivity index (χ3v) is 0.918. The van der Waals surface area contributed by atoms with Crippen LogP contribution < -0.4 is 0 Å². The van der Waals surface area contributed by atoms with Crippen LogP contribution >= 0.6 is 0 Å². The first-order valence-corrected chi connectivity index (χ1v) is 2.74. The lowest BCUT2D eigenvalue weighted by molar-refractivity contribution is -0.504. The van der Waals surface area contributed by atoms with Crippen LogP contribution in [0.1, 0.15) is 0 Å². The highest BCUT2D eigenvalue weighted by molar-refractivity contribution is 4.62. The van der Waals surface area contributed by atoms with Crippen LogP contribution in [0.5, 0.6) is 0 Å². The maximum atomic E-state index is 11.9. The molecule has 0 aromatic heterocycles. The highest BCUT2D eigenvalue weighted by atomic mass is 19.4. The molecule has 2 nitrogen and oxygen atoms in total. The quantitative estimate of drug-likeness (QED) is 0.323. The lowest BCUT2D eigenvalue weighted by Gasteiger charge is -2.28. The van der Waals surface area contributed by atoms with Crippen molar-refractivity contribution in [2.45, 2.75) is 18.8 Å². The van der Waals surface area contributed by atoms with E-state index in [1.807, 2.05) is 0 Å². The van der Waals surface area contributed by atoms with E-state index in [1.165, 1.54) is 0 Å². The Morgan fingerprint density at radius 3 is 0.867 bits per heavy atom. The van der Waals surface area contributed by atoms with E-state index in [1.54, 1.807) is 0 Å². The predicted octanol–water partition coefficient (Wildman–Crippen LogP) is 2.95. The van der Waals surface area contributed by atoms with Gasteiger partial charge in [-0.2, -0.15) is 35.1 Å². The van der Waals surface area contributed by atoms with Crippen LogP contribution in [0.2, 0.25) is 0 Å². The fourth-order valence-electron chi connectivity index (χ4n) is 0.382. The van der Waals surface area contributed by atoms with Gasteiger partial charge in [0, 0.05) is 10.2 Å². The molecule has 0 aliphatic heterocycles. The third-order valence-electron chi connectivity index (χ3n) is 0.918. The fraction of sp³-hybridized carbons (Fsp3) is 1.00. The van der Waals surface area contributed by atoms with Gasteiger partial charge in [0.05, 0.1) is 0 Å². The van der Waals surface area contributed by atoms with Crippen LogP contribution in [0.25, 0.3) is 0 Å². The molecule has 15 heavy (non-hydrogen) atoms. The van der Waals surface area contributed by atoms with Gasteiger partial charge in [0.2, 0.25) is 0 Å². The topological polar surface area (TPSA) is 6.48 Å². The van der Waals surface area contributed by atoms with E-state index < -0.39 is 29.0 Å². The molecule has 0 aliphatic carbocycles. The van der Waals surface area contributed by atoms with E-state index in [0.717, 1.165) is 0 Å². The molecule has 0 aliphatic rings. The largest absolute Gasteiger partial charge is 0.493 e. The normalized spacial score (nSPS) is 15.2. The van der Waals surface area contributed by atoms with Gasteiger partial charge in [-0.15, -0.1) is 8.96 Å². The molecule has 0 amide bonds. The van der Waals surface area contributed by atoms with E-state index in [2.05, 4.69) is 0 Å². The fourth-order valence-corrected chi connectivity index (χ4v) is 0.382. The molecule has 0 aromatic rings. The Hall–Kier alpha value is -0.780. The zero-order valence-electron chi connectivity index (χ0n) is 6.17. The monoisotopic (exact) mass is 254 g/mol. The van der Waals surface area contributed by atoms with Gasteiger partial charge in [-0.05, 0) is 0 Å². The Labute approximate surface area is 74.5 Å². The van der Waals surface area contributed by atoms with Crippen molar-refractivity contribution in [3.05, 3.63) is 0 Å². The molecular formula is C3F10N2. The third kappa shape index (κ3) is 3.09. The summed E-state index contributed by atoms with van der Waals surface area (Å²) < 4.78 is 114. The van der Waals surface area contributed by atoms with Gasteiger partial charge in [0.15, 0.2) is 0 Å². The van der Waals surface area contributed by atoms with Crippen LogP contribution in [-0.2, 0) is 0 Å². The molecule has 0 bridgehead atoms. The van der Waals surface area contributed by atoms with Crippen LogP contribution in [0, 0.1) is 0 Å². The lowest BCUT2D eigenvalue weighted by atomic mass is 10.8. The SMILES string of the molecule is FN(C(F)(F)F)C(F)(F)N(F)C(F)(F)F. The molecule has 0 aromatic carbocycles. The van der Waals surface area contributed by atoms with E-state index in [9.17, 15) is 44.1 Å². The Morgan fingerprint density at radius 2 is 0.733 bits per heavy atom. The molecule has 12 heteroatoms. The van der Waals surface area contributed by atoms with E-state index in [-0.39, 0.29) is 0 Å². The van der Waals surface area contributed by atoms with Crippen LogP contribution in [0.3, 0.4) is 0 Å². The minimum Gasteiger partial charge on any atom is -0.166 e. The number of hydrogen-bond acceptors (Lipinski definition) is 2.